The molecule has 3 heteroatoms. The molecule has 0 radical (unpaired) electrons. The maximum Gasteiger partial charge on any atom is 0.231 e. The summed E-state index contributed by atoms with van der Waals surface area (Å²) >= 11 is 0. The van der Waals surface area contributed by atoms with Crippen molar-refractivity contribution in [3.63, 3.8) is 0 Å². The van der Waals surface area contributed by atoms with E-state index < -0.39 is 0 Å². The molecule has 0 saturated heterocycles. The predicted molar refractivity (Wildman–Crippen MR) is 78.6 cm³/mol. The molecule has 0 fully saturated rings. The first-order valence-electron chi connectivity index (χ1n) is 6.39. The fourth-order valence-electron chi connectivity index (χ4n) is 2.42. The molecule has 0 aliphatic carbocycles. The van der Waals surface area contributed by atoms with Gasteiger partial charge in [0.05, 0.1) is 5.56 Å². The van der Waals surface area contributed by atoms with E-state index in [1.807, 2.05) is 60.7 Å². The summed E-state index contributed by atoms with van der Waals surface area (Å²) in [7, 11) is 0. The highest BCUT2D eigenvalue weighted by atomic mass is 16.3. The molecule has 0 spiro atoms. The summed E-state index contributed by atoms with van der Waals surface area (Å²) in [6, 6.07) is 19.1. The second-order valence-electron chi connectivity index (χ2n) is 4.67. The first kappa shape index (κ1) is 11.1. The highest BCUT2D eigenvalue weighted by Crippen LogP contribution is 2.36. The number of oxazole rings is 1. The molecule has 4 rings (SSSR count). The molecule has 0 saturated carbocycles. The molecule has 0 aliphatic heterocycles. The van der Waals surface area contributed by atoms with Gasteiger partial charge < -0.3 is 9.52 Å². The molecular formula is C17H11NO2. The van der Waals surface area contributed by atoms with E-state index in [0.29, 0.717) is 11.5 Å². The Labute approximate surface area is 115 Å². The first-order chi connectivity index (χ1) is 9.83. The van der Waals surface area contributed by atoms with Crippen LogP contribution in [0, 0.1) is 0 Å². The Hall–Kier alpha value is -2.81. The molecule has 1 aromatic heterocycles. The summed E-state index contributed by atoms with van der Waals surface area (Å²) in [4.78, 5) is 4.42. The van der Waals surface area contributed by atoms with Gasteiger partial charge in [-0.3, -0.25) is 0 Å². The van der Waals surface area contributed by atoms with Crippen LogP contribution in [0.4, 0.5) is 0 Å². The van der Waals surface area contributed by atoms with Crippen LogP contribution in [0.1, 0.15) is 0 Å². The zero-order chi connectivity index (χ0) is 13.5. The van der Waals surface area contributed by atoms with Crippen molar-refractivity contribution in [2.24, 2.45) is 0 Å². The summed E-state index contributed by atoms with van der Waals surface area (Å²) < 4.78 is 5.71. The van der Waals surface area contributed by atoms with Crippen LogP contribution in [-0.4, -0.2) is 10.1 Å². The molecule has 0 amide bonds. The number of phenols is 1. The lowest BCUT2D eigenvalue weighted by molar-refractivity contribution is 0.480. The Morgan fingerprint density at radius 3 is 2.55 bits per heavy atom. The van der Waals surface area contributed by atoms with E-state index in [-0.39, 0.29) is 5.75 Å². The van der Waals surface area contributed by atoms with Gasteiger partial charge in [-0.15, -0.1) is 0 Å². The fourth-order valence-corrected chi connectivity index (χ4v) is 2.42. The predicted octanol–water partition coefficient (Wildman–Crippen LogP) is 4.35. The van der Waals surface area contributed by atoms with Crippen molar-refractivity contribution in [1.29, 1.82) is 0 Å². The molecule has 0 aliphatic rings. The SMILES string of the molecule is Oc1c(-c2nc3ccccc3o2)ccc2ccccc12. The molecule has 20 heavy (non-hydrogen) atoms. The fraction of sp³-hybridized carbons (Fsp3) is 0. The smallest absolute Gasteiger partial charge is 0.231 e. The number of para-hydroxylation sites is 2. The normalized spacial score (nSPS) is 11.2. The minimum atomic E-state index is 0.203. The minimum absolute atomic E-state index is 0.203. The number of phenolic OH excluding ortho intramolecular Hbond substituents is 1. The summed E-state index contributed by atoms with van der Waals surface area (Å²) in [5.74, 6) is 0.643. The molecule has 0 unspecified atom stereocenters. The van der Waals surface area contributed by atoms with Crippen LogP contribution in [0.3, 0.4) is 0 Å². The quantitative estimate of drug-likeness (QED) is 0.554. The van der Waals surface area contributed by atoms with Crippen molar-refractivity contribution in [2.75, 3.05) is 0 Å². The number of aromatic hydroxyl groups is 1. The molecule has 0 atom stereocenters. The van der Waals surface area contributed by atoms with Gasteiger partial charge in [0, 0.05) is 5.39 Å². The van der Waals surface area contributed by atoms with Crippen LogP contribution in [0.25, 0.3) is 33.3 Å². The maximum absolute atomic E-state index is 10.4. The van der Waals surface area contributed by atoms with Gasteiger partial charge in [-0.25, -0.2) is 4.98 Å². The highest BCUT2D eigenvalue weighted by Gasteiger charge is 2.13. The summed E-state index contributed by atoms with van der Waals surface area (Å²) in [6.07, 6.45) is 0. The van der Waals surface area contributed by atoms with Gasteiger partial charge in [-0.05, 0) is 23.6 Å². The van der Waals surface area contributed by atoms with Crippen LogP contribution in [0.15, 0.2) is 65.1 Å². The van der Waals surface area contributed by atoms with Gasteiger partial charge >= 0.3 is 0 Å². The zero-order valence-electron chi connectivity index (χ0n) is 10.6. The maximum atomic E-state index is 10.4. The second-order valence-corrected chi connectivity index (χ2v) is 4.67. The molecule has 3 aromatic carbocycles. The lowest BCUT2D eigenvalue weighted by Gasteiger charge is -2.04. The van der Waals surface area contributed by atoms with Gasteiger partial charge in [0.2, 0.25) is 5.89 Å². The van der Waals surface area contributed by atoms with Gasteiger partial charge in [-0.2, -0.15) is 0 Å². The third-order valence-electron chi connectivity index (χ3n) is 3.42. The molecular weight excluding hydrogens is 250 g/mol. The van der Waals surface area contributed by atoms with Crippen LogP contribution in [0.2, 0.25) is 0 Å². The topological polar surface area (TPSA) is 46.3 Å². The lowest BCUT2D eigenvalue weighted by Crippen LogP contribution is -1.81. The molecule has 0 bridgehead atoms. The molecule has 4 aromatic rings. The Kier molecular flexibility index (Phi) is 2.27. The number of fused-ring (bicyclic) bond motifs is 2. The van der Waals surface area contributed by atoms with Gasteiger partial charge in [0.15, 0.2) is 5.58 Å². The van der Waals surface area contributed by atoms with Crippen molar-refractivity contribution in [3.05, 3.63) is 60.7 Å². The molecule has 96 valence electrons. The monoisotopic (exact) mass is 261 g/mol. The van der Waals surface area contributed by atoms with Gasteiger partial charge in [0.25, 0.3) is 0 Å². The van der Waals surface area contributed by atoms with Crippen molar-refractivity contribution >= 4 is 21.9 Å². The standard InChI is InChI=1S/C17H11NO2/c19-16-12-6-2-1-5-11(12)9-10-13(16)17-18-14-7-3-4-8-15(14)20-17/h1-10,19H. The van der Waals surface area contributed by atoms with E-state index in [1.54, 1.807) is 0 Å². The Bertz CT molecular complexity index is 891. The number of rotatable bonds is 1. The Balaban J connectivity index is 1.99. The average Bonchev–Trinajstić information content (AvgIpc) is 2.91. The van der Waals surface area contributed by atoms with Crippen LogP contribution < -0.4 is 0 Å². The molecule has 1 N–H and O–H groups in total. The number of hydrogen-bond donors (Lipinski definition) is 1. The third kappa shape index (κ3) is 1.57. The third-order valence-corrected chi connectivity index (χ3v) is 3.42. The molecule has 3 nitrogen and oxygen atoms in total. The van der Waals surface area contributed by atoms with E-state index >= 15 is 0 Å². The van der Waals surface area contributed by atoms with Crippen LogP contribution in [0.5, 0.6) is 5.75 Å². The van der Waals surface area contributed by atoms with E-state index in [1.165, 1.54) is 0 Å². The summed E-state index contributed by atoms with van der Waals surface area (Å²) in [5, 5.41) is 12.2. The van der Waals surface area contributed by atoms with Crippen molar-refractivity contribution in [3.8, 4) is 17.2 Å². The minimum Gasteiger partial charge on any atom is -0.506 e. The van der Waals surface area contributed by atoms with Gasteiger partial charge in [-0.1, -0.05) is 42.5 Å². The number of aromatic nitrogens is 1. The number of nitrogens with zero attached hydrogens (tertiary/aromatic N) is 1. The van der Waals surface area contributed by atoms with E-state index in [2.05, 4.69) is 4.98 Å². The molecule has 1 heterocycles. The van der Waals surface area contributed by atoms with Crippen molar-refractivity contribution in [2.45, 2.75) is 0 Å². The number of hydrogen-bond acceptors (Lipinski definition) is 3. The van der Waals surface area contributed by atoms with Crippen LogP contribution in [-0.2, 0) is 0 Å². The highest BCUT2D eigenvalue weighted by molar-refractivity contribution is 5.94. The Morgan fingerprint density at radius 2 is 1.65 bits per heavy atom. The van der Waals surface area contributed by atoms with Crippen molar-refractivity contribution < 1.29 is 9.52 Å². The van der Waals surface area contributed by atoms with Crippen molar-refractivity contribution in [1.82, 2.24) is 4.98 Å². The number of benzene rings is 3. The second kappa shape index (κ2) is 4.10. The Morgan fingerprint density at radius 1 is 0.850 bits per heavy atom. The van der Waals surface area contributed by atoms with E-state index in [4.69, 9.17) is 4.42 Å². The van der Waals surface area contributed by atoms with E-state index in [9.17, 15) is 5.11 Å². The lowest BCUT2D eigenvalue weighted by atomic mass is 10.1. The zero-order valence-corrected chi connectivity index (χ0v) is 10.6. The summed E-state index contributed by atoms with van der Waals surface area (Å²) in [6.45, 7) is 0. The van der Waals surface area contributed by atoms with Gasteiger partial charge in [0.1, 0.15) is 11.3 Å². The largest absolute Gasteiger partial charge is 0.506 e. The van der Waals surface area contributed by atoms with E-state index in [0.717, 1.165) is 21.9 Å². The average molecular weight is 261 g/mol. The van der Waals surface area contributed by atoms with Crippen LogP contribution >= 0.6 is 0 Å². The summed E-state index contributed by atoms with van der Waals surface area (Å²) in [5.41, 5.74) is 2.12. The first-order valence-corrected chi connectivity index (χ1v) is 6.39.